The number of hydrogen-bond donors (Lipinski definition) is 2. The van der Waals surface area contributed by atoms with Gasteiger partial charge in [-0.2, -0.15) is 5.26 Å². The highest BCUT2D eigenvalue weighted by Gasteiger charge is 2.27. The highest BCUT2D eigenvalue weighted by atomic mass is 35.5. The maximum atomic E-state index is 10.9. The van der Waals surface area contributed by atoms with Crippen molar-refractivity contribution in [3.8, 4) is 17.3 Å². The van der Waals surface area contributed by atoms with Crippen LogP contribution in [0.25, 0.3) is 22.2 Å². The molecule has 0 aliphatic heterocycles. The number of nitrogens with one attached hydrogen (secondary N) is 1. The van der Waals surface area contributed by atoms with Gasteiger partial charge in [0.05, 0.1) is 16.8 Å². The van der Waals surface area contributed by atoms with Crippen LogP contribution in [-0.2, 0) is 6.42 Å². The van der Waals surface area contributed by atoms with E-state index in [1.54, 1.807) is 12.1 Å². The van der Waals surface area contributed by atoms with Gasteiger partial charge in [-0.3, -0.25) is 5.32 Å². The Morgan fingerprint density at radius 1 is 1.24 bits per heavy atom. The first-order valence-electron chi connectivity index (χ1n) is 9.85. The van der Waals surface area contributed by atoms with Crippen molar-refractivity contribution in [3.63, 3.8) is 0 Å². The van der Waals surface area contributed by atoms with Crippen molar-refractivity contribution in [2.75, 3.05) is 11.2 Å². The number of rotatable bonds is 6. The number of anilines is 1. The normalized spacial score (nSPS) is 13.8. The summed E-state index contributed by atoms with van der Waals surface area (Å²) in [6.07, 6.45) is 4.15. The molecule has 6 heteroatoms. The number of carbonyl (C=O) groups is 1. The van der Waals surface area contributed by atoms with E-state index in [0.717, 1.165) is 47.8 Å². The number of nitriles is 1. The van der Waals surface area contributed by atoms with Gasteiger partial charge in [0.1, 0.15) is 6.07 Å². The topological polar surface area (TPSA) is 78.1 Å². The summed E-state index contributed by atoms with van der Waals surface area (Å²) >= 11 is 5.87. The molecule has 2 N–H and O–H groups in total. The molecule has 1 fully saturated rings. The minimum absolute atomic E-state index is 0.384. The summed E-state index contributed by atoms with van der Waals surface area (Å²) in [5.74, 6) is 0.632. The third-order valence-corrected chi connectivity index (χ3v) is 5.90. The second-order valence-electron chi connectivity index (χ2n) is 7.44. The number of aromatic nitrogens is 1. The maximum Gasteiger partial charge on any atom is 0.409 e. The molecular weight excluding hydrogens is 386 g/mol. The van der Waals surface area contributed by atoms with Crippen LogP contribution in [0.5, 0.6) is 0 Å². The Hall–Kier alpha value is -2.97. The number of alkyl halides is 1. The molecule has 1 saturated carbocycles. The van der Waals surface area contributed by atoms with Gasteiger partial charge in [0.15, 0.2) is 0 Å². The summed E-state index contributed by atoms with van der Waals surface area (Å²) in [4.78, 5) is 10.9. The molecule has 4 rings (SSSR count). The third-order valence-electron chi connectivity index (χ3n) is 5.63. The molecule has 1 aromatic heterocycles. The zero-order chi connectivity index (χ0) is 20.4. The second-order valence-corrected chi connectivity index (χ2v) is 7.82. The smallest absolute Gasteiger partial charge is 0.409 e. The SMILES string of the molecule is N#Cc1c(-c2ccc(NC(=O)O)cc2)n(C2CCC2)c2cc(CCCCl)ccc12. The van der Waals surface area contributed by atoms with Gasteiger partial charge in [0, 0.05) is 23.0 Å². The molecule has 1 heterocycles. The first kappa shape index (κ1) is 19.4. The number of halogens is 1. The van der Waals surface area contributed by atoms with E-state index in [1.165, 1.54) is 12.0 Å². The summed E-state index contributed by atoms with van der Waals surface area (Å²) in [5, 5.41) is 22.2. The number of hydrogen-bond acceptors (Lipinski definition) is 2. The third kappa shape index (κ3) is 3.68. The number of benzene rings is 2. The van der Waals surface area contributed by atoms with Crippen molar-refractivity contribution in [2.45, 2.75) is 38.1 Å². The summed E-state index contributed by atoms with van der Waals surface area (Å²) in [6.45, 7) is 0. The van der Waals surface area contributed by atoms with E-state index >= 15 is 0 Å². The van der Waals surface area contributed by atoms with Crippen LogP contribution in [0.1, 0.15) is 42.9 Å². The molecule has 0 saturated heterocycles. The maximum absolute atomic E-state index is 10.9. The first-order valence-corrected chi connectivity index (χ1v) is 10.4. The van der Waals surface area contributed by atoms with Gasteiger partial charge in [-0.15, -0.1) is 11.6 Å². The number of carboxylic acid groups (broad SMARTS) is 1. The van der Waals surface area contributed by atoms with Crippen LogP contribution in [0.2, 0.25) is 0 Å². The van der Waals surface area contributed by atoms with Gasteiger partial charge in [-0.1, -0.05) is 24.3 Å². The van der Waals surface area contributed by atoms with E-state index in [2.05, 4.69) is 34.2 Å². The van der Waals surface area contributed by atoms with Gasteiger partial charge in [-0.05, 0) is 61.4 Å². The van der Waals surface area contributed by atoms with Crippen LogP contribution >= 0.6 is 11.6 Å². The molecule has 29 heavy (non-hydrogen) atoms. The van der Waals surface area contributed by atoms with E-state index < -0.39 is 6.09 Å². The lowest BCUT2D eigenvalue weighted by Crippen LogP contribution is -2.18. The van der Waals surface area contributed by atoms with Gasteiger partial charge in [0.2, 0.25) is 0 Å². The zero-order valence-electron chi connectivity index (χ0n) is 16.0. The van der Waals surface area contributed by atoms with E-state index in [-0.39, 0.29) is 0 Å². The Morgan fingerprint density at radius 2 is 2.00 bits per heavy atom. The van der Waals surface area contributed by atoms with Gasteiger partial charge in [0.25, 0.3) is 0 Å². The van der Waals surface area contributed by atoms with Gasteiger partial charge in [-0.25, -0.2) is 4.79 Å². The number of aryl methyl sites for hydroxylation is 1. The van der Waals surface area contributed by atoms with Crippen LogP contribution in [-0.4, -0.2) is 21.6 Å². The average Bonchev–Trinajstić information content (AvgIpc) is 2.98. The minimum atomic E-state index is -1.09. The molecule has 1 amide bonds. The highest BCUT2D eigenvalue weighted by molar-refractivity contribution is 6.17. The highest BCUT2D eigenvalue weighted by Crippen LogP contribution is 2.42. The standard InChI is InChI=1S/C23H22ClN3O2/c24-12-2-3-15-6-11-19-20(14-25)22(27(21(19)13-15)18-4-1-5-18)16-7-9-17(10-8-16)26-23(28)29/h6-11,13,18,26H,1-5,12H2,(H,28,29). The van der Waals surface area contributed by atoms with Crippen molar-refractivity contribution in [1.82, 2.24) is 4.57 Å². The average molecular weight is 408 g/mol. The quantitative estimate of drug-likeness (QED) is 0.480. The predicted octanol–water partition coefficient (Wildman–Crippen LogP) is 6.17. The predicted molar refractivity (Wildman–Crippen MR) is 116 cm³/mol. The lowest BCUT2D eigenvalue weighted by molar-refractivity contribution is 0.210. The molecule has 0 atom stereocenters. The molecule has 148 valence electrons. The van der Waals surface area contributed by atoms with Gasteiger partial charge >= 0.3 is 6.09 Å². The van der Waals surface area contributed by atoms with Crippen LogP contribution in [0, 0.1) is 11.3 Å². The van der Waals surface area contributed by atoms with Crippen LogP contribution in [0.4, 0.5) is 10.5 Å². The molecule has 1 aliphatic rings. The molecule has 0 spiro atoms. The van der Waals surface area contributed by atoms with Crippen LogP contribution < -0.4 is 5.32 Å². The molecule has 2 aromatic carbocycles. The van der Waals surface area contributed by atoms with Crippen molar-refractivity contribution < 1.29 is 9.90 Å². The number of fused-ring (bicyclic) bond motifs is 1. The lowest BCUT2D eigenvalue weighted by atomic mass is 9.92. The first-order chi connectivity index (χ1) is 14.1. The zero-order valence-corrected chi connectivity index (χ0v) is 16.7. The fraction of sp³-hybridized carbons (Fsp3) is 0.304. The molecule has 1 aliphatic carbocycles. The monoisotopic (exact) mass is 407 g/mol. The van der Waals surface area contributed by atoms with Gasteiger partial charge < -0.3 is 9.67 Å². The Labute approximate surface area is 174 Å². The largest absolute Gasteiger partial charge is 0.465 e. The van der Waals surface area contributed by atoms with E-state index in [4.69, 9.17) is 16.7 Å². The summed E-state index contributed by atoms with van der Waals surface area (Å²) < 4.78 is 2.32. The van der Waals surface area contributed by atoms with E-state index in [1.807, 2.05) is 12.1 Å². The van der Waals surface area contributed by atoms with Crippen LogP contribution in [0.15, 0.2) is 42.5 Å². The lowest BCUT2D eigenvalue weighted by Gasteiger charge is -2.30. The molecular formula is C23H22ClN3O2. The van der Waals surface area contributed by atoms with Crippen molar-refractivity contribution in [1.29, 1.82) is 5.26 Å². The summed E-state index contributed by atoms with van der Waals surface area (Å²) in [7, 11) is 0. The van der Waals surface area contributed by atoms with Crippen molar-refractivity contribution in [3.05, 3.63) is 53.6 Å². The molecule has 5 nitrogen and oxygen atoms in total. The van der Waals surface area contributed by atoms with E-state index in [0.29, 0.717) is 23.2 Å². The number of amides is 1. The minimum Gasteiger partial charge on any atom is -0.465 e. The molecule has 3 aromatic rings. The molecule has 0 radical (unpaired) electrons. The van der Waals surface area contributed by atoms with Crippen LogP contribution in [0.3, 0.4) is 0 Å². The Morgan fingerprint density at radius 3 is 2.59 bits per heavy atom. The van der Waals surface area contributed by atoms with Crippen molar-refractivity contribution >= 4 is 34.3 Å². The second kappa shape index (κ2) is 8.18. The Balaban J connectivity index is 1.87. The Bertz CT molecular complexity index is 1090. The summed E-state index contributed by atoms with van der Waals surface area (Å²) in [6, 6.07) is 16.4. The van der Waals surface area contributed by atoms with E-state index in [9.17, 15) is 10.1 Å². The molecule has 0 bridgehead atoms. The Kier molecular flexibility index (Phi) is 5.46. The van der Waals surface area contributed by atoms with Crippen molar-refractivity contribution in [2.24, 2.45) is 0 Å². The molecule has 0 unspecified atom stereocenters. The number of nitrogens with zero attached hydrogens (tertiary/aromatic N) is 2. The summed E-state index contributed by atoms with van der Waals surface area (Å²) in [5.41, 5.74) is 5.35. The fourth-order valence-electron chi connectivity index (χ4n) is 4.04. The fourth-order valence-corrected chi connectivity index (χ4v) is 4.17.